The molecule has 2 amide bonds. The molecule has 0 radical (unpaired) electrons. The first kappa shape index (κ1) is 24.9. The number of nitrogens with zero attached hydrogens (tertiary/aromatic N) is 3. The second kappa shape index (κ2) is 10.8. The highest BCUT2D eigenvalue weighted by molar-refractivity contribution is 7.16. The lowest BCUT2D eigenvalue weighted by Crippen LogP contribution is -2.30. The maximum atomic E-state index is 13.5. The molecule has 4 aromatic rings. The Hall–Kier alpha value is -3.42. The number of anilines is 1. The smallest absolute Gasteiger partial charge is 0.259 e. The number of fused-ring (bicyclic) bond motifs is 2. The molecule has 0 atom stereocenters. The van der Waals surface area contributed by atoms with Crippen LogP contribution in [-0.2, 0) is 24.2 Å². The Balaban J connectivity index is 1.32. The fourth-order valence-corrected chi connectivity index (χ4v) is 6.81. The van der Waals surface area contributed by atoms with E-state index in [1.165, 1.54) is 4.88 Å². The summed E-state index contributed by atoms with van der Waals surface area (Å²) in [4.78, 5) is 34.4. The first-order valence-electron chi connectivity index (χ1n) is 13.2. The predicted molar refractivity (Wildman–Crippen MR) is 155 cm³/mol. The van der Waals surface area contributed by atoms with E-state index in [0.29, 0.717) is 22.8 Å². The average molecular weight is 545 g/mol. The molecule has 2 aromatic heterocycles. The summed E-state index contributed by atoms with van der Waals surface area (Å²) >= 11 is 7.63. The van der Waals surface area contributed by atoms with Crippen molar-refractivity contribution in [2.75, 3.05) is 18.4 Å². The third-order valence-corrected chi connectivity index (χ3v) is 8.84. The van der Waals surface area contributed by atoms with Crippen molar-refractivity contribution in [1.29, 1.82) is 0 Å². The number of benzene rings is 2. The molecular weight excluding hydrogens is 516 g/mol. The van der Waals surface area contributed by atoms with Gasteiger partial charge < -0.3 is 14.8 Å². The Morgan fingerprint density at radius 2 is 1.76 bits per heavy atom. The first-order valence-corrected chi connectivity index (χ1v) is 14.4. The van der Waals surface area contributed by atoms with E-state index in [1.54, 1.807) is 35.6 Å². The van der Waals surface area contributed by atoms with Gasteiger partial charge in [-0.05, 0) is 74.4 Å². The predicted octanol–water partition coefficient (Wildman–Crippen LogP) is 6.86. The van der Waals surface area contributed by atoms with Crippen LogP contribution in [0.5, 0.6) is 0 Å². The number of rotatable bonds is 6. The first-order chi connectivity index (χ1) is 18.6. The molecule has 1 aliphatic heterocycles. The number of amides is 2. The Morgan fingerprint density at radius 1 is 1.00 bits per heavy atom. The van der Waals surface area contributed by atoms with Gasteiger partial charge in [0, 0.05) is 57.6 Å². The Morgan fingerprint density at radius 3 is 2.58 bits per heavy atom. The Labute approximate surface area is 230 Å². The molecular formula is C30H29ClN4O2S. The molecule has 0 saturated carbocycles. The molecule has 38 heavy (non-hydrogen) atoms. The van der Waals surface area contributed by atoms with Crippen molar-refractivity contribution in [3.05, 3.63) is 81.3 Å². The van der Waals surface area contributed by atoms with Crippen molar-refractivity contribution in [2.24, 2.45) is 4.99 Å². The normalized spacial score (nSPS) is 15.3. The third kappa shape index (κ3) is 5.00. The second-order valence-corrected chi connectivity index (χ2v) is 11.4. The summed E-state index contributed by atoms with van der Waals surface area (Å²) in [6, 6.07) is 15.2. The molecule has 1 saturated heterocycles. The monoisotopic (exact) mass is 544 g/mol. The number of aliphatic imine (C=N–C) groups is 1. The van der Waals surface area contributed by atoms with E-state index < -0.39 is 0 Å². The number of carbonyl (C=O) groups excluding carboxylic acids is 2. The number of hydrogen-bond acceptors (Lipinski definition) is 4. The van der Waals surface area contributed by atoms with Crippen LogP contribution >= 0.6 is 22.9 Å². The molecule has 2 aliphatic rings. The number of likely N-dealkylation sites (tertiary alicyclic amines) is 1. The molecule has 0 bridgehead atoms. The van der Waals surface area contributed by atoms with Crippen LogP contribution in [0, 0.1) is 0 Å². The maximum absolute atomic E-state index is 13.5. The molecule has 8 heteroatoms. The van der Waals surface area contributed by atoms with Gasteiger partial charge in [0.2, 0.25) is 5.91 Å². The van der Waals surface area contributed by atoms with Gasteiger partial charge in [0.15, 0.2) is 0 Å². The van der Waals surface area contributed by atoms with Gasteiger partial charge in [-0.3, -0.25) is 9.59 Å². The van der Waals surface area contributed by atoms with E-state index in [4.69, 9.17) is 16.6 Å². The average Bonchev–Trinajstić information content (AvgIpc) is 3.67. The number of hydrogen-bond donors (Lipinski definition) is 1. The molecule has 194 valence electrons. The van der Waals surface area contributed by atoms with E-state index in [-0.39, 0.29) is 11.8 Å². The van der Waals surface area contributed by atoms with Gasteiger partial charge in [0.1, 0.15) is 11.5 Å². The third-order valence-electron chi connectivity index (χ3n) is 7.39. The quantitative estimate of drug-likeness (QED) is 0.269. The highest BCUT2D eigenvalue weighted by Gasteiger charge is 2.25. The lowest BCUT2D eigenvalue weighted by molar-refractivity contribution is -0.130. The van der Waals surface area contributed by atoms with Gasteiger partial charge in [0.25, 0.3) is 5.91 Å². The molecule has 6 nitrogen and oxygen atoms in total. The Kier molecular flexibility index (Phi) is 7.04. The van der Waals surface area contributed by atoms with E-state index in [0.717, 1.165) is 78.6 Å². The minimum atomic E-state index is -0.141. The molecule has 1 aliphatic carbocycles. The summed E-state index contributed by atoms with van der Waals surface area (Å²) in [6.07, 6.45) is 10.1. The Bertz CT molecular complexity index is 1530. The fourth-order valence-electron chi connectivity index (χ4n) is 5.45. The maximum Gasteiger partial charge on any atom is 0.259 e. The van der Waals surface area contributed by atoms with Gasteiger partial charge in [-0.1, -0.05) is 29.8 Å². The molecule has 0 unspecified atom stereocenters. The standard InChI is InChI=1S/C30H29ClN4O2S/c31-21-11-13-22(14-12-21)33-29(37)28-24-8-2-4-10-26(24)38-30(28)32-17-20-18-35(25-9-3-1-7-23(20)25)19-27(36)34-15-5-6-16-34/h1,3,7,9,11-14,17-18H,2,4-6,8,10,15-16,19H2,(H,33,37). The zero-order chi connectivity index (χ0) is 26.1. The van der Waals surface area contributed by atoms with Crippen LogP contribution < -0.4 is 5.32 Å². The SMILES string of the molecule is O=C(Nc1ccc(Cl)cc1)c1c(N=Cc2cn(CC(=O)N3CCCC3)c3ccccc23)sc2c1CCCC2. The van der Waals surface area contributed by atoms with E-state index in [1.807, 2.05) is 40.1 Å². The van der Waals surface area contributed by atoms with Gasteiger partial charge in [0.05, 0.1) is 5.56 Å². The number of nitrogens with one attached hydrogen (secondary N) is 1. The van der Waals surface area contributed by atoms with Crippen LogP contribution in [0.3, 0.4) is 0 Å². The van der Waals surface area contributed by atoms with Crippen LogP contribution in [0.1, 0.15) is 52.0 Å². The van der Waals surface area contributed by atoms with Crippen LogP contribution in [0.4, 0.5) is 10.7 Å². The highest BCUT2D eigenvalue weighted by atomic mass is 35.5. The number of aryl methyl sites for hydroxylation is 1. The fraction of sp³-hybridized carbons (Fsp3) is 0.300. The van der Waals surface area contributed by atoms with Crippen molar-refractivity contribution >= 4 is 62.6 Å². The number of para-hydroxylation sites is 1. The van der Waals surface area contributed by atoms with E-state index in [2.05, 4.69) is 11.4 Å². The van der Waals surface area contributed by atoms with E-state index in [9.17, 15) is 9.59 Å². The van der Waals surface area contributed by atoms with Crippen molar-refractivity contribution in [3.63, 3.8) is 0 Å². The molecule has 1 fully saturated rings. The number of aromatic nitrogens is 1. The summed E-state index contributed by atoms with van der Waals surface area (Å²) in [7, 11) is 0. The van der Waals surface area contributed by atoms with Crippen LogP contribution in [-0.4, -0.2) is 40.6 Å². The molecule has 1 N–H and O–H groups in total. The molecule has 3 heterocycles. The number of thiophene rings is 1. The largest absolute Gasteiger partial charge is 0.341 e. The topological polar surface area (TPSA) is 66.7 Å². The van der Waals surface area contributed by atoms with Crippen LogP contribution in [0.15, 0.2) is 59.7 Å². The lowest BCUT2D eigenvalue weighted by atomic mass is 9.95. The minimum absolute atomic E-state index is 0.141. The number of carbonyl (C=O) groups is 2. The molecule has 6 rings (SSSR count). The van der Waals surface area contributed by atoms with Gasteiger partial charge >= 0.3 is 0 Å². The summed E-state index contributed by atoms with van der Waals surface area (Å²) in [5.41, 5.74) is 4.44. The van der Waals surface area contributed by atoms with Crippen molar-refractivity contribution in [2.45, 2.75) is 45.1 Å². The highest BCUT2D eigenvalue weighted by Crippen LogP contribution is 2.40. The van der Waals surface area contributed by atoms with Crippen LogP contribution in [0.25, 0.3) is 10.9 Å². The van der Waals surface area contributed by atoms with Crippen molar-refractivity contribution < 1.29 is 9.59 Å². The van der Waals surface area contributed by atoms with E-state index >= 15 is 0 Å². The summed E-state index contributed by atoms with van der Waals surface area (Å²) in [5, 5.41) is 5.43. The zero-order valence-electron chi connectivity index (χ0n) is 21.1. The van der Waals surface area contributed by atoms with Crippen molar-refractivity contribution in [3.8, 4) is 0 Å². The minimum Gasteiger partial charge on any atom is -0.341 e. The van der Waals surface area contributed by atoms with Gasteiger partial charge in [-0.25, -0.2) is 4.99 Å². The lowest BCUT2D eigenvalue weighted by Gasteiger charge is -2.15. The number of halogens is 1. The zero-order valence-corrected chi connectivity index (χ0v) is 22.7. The summed E-state index contributed by atoms with van der Waals surface area (Å²) in [6.45, 7) is 2.00. The van der Waals surface area contributed by atoms with Crippen molar-refractivity contribution in [1.82, 2.24) is 9.47 Å². The second-order valence-electron chi connectivity index (χ2n) is 9.93. The summed E-state index contributed by atoms with van der Waals surface area (Å²) < 4.78 is 2.02. The van der Waals surface area contributed by atoms with Crippen LogP contribution in [0.2, 0.25) is 5.02 Å². The summed E-state index contributed by atoms with van der Waals surface area (Å²) in [5.74, 6) is 0.0105. The molecule has 0 spiro atoms. The molecule has 2 aromatic carbocycles. The van der Waals surface area contributed by atoms with Gasteiger partial charge in [-0.2, -0.15) is 0 Å². The van der Waals surface area contributed by atoms with Gasteiger partial charge in [-0.15, -0.1) is 11.3 Å².